The molecular weight excluding hydrogens is 258 g/mol. The minimum Gasteiger partial charge on any atom is -0.506 e. The molecule has 0 saturated heterocycles. The number of phenolic OH excluding ortho intramolecular Hbond substituents is 1. The highest BCUT2D eigenvalue weighted by Gasteiger charge is 2.07. The van der Waals surface area contributed by atoms with Crippen LogP contribution in [-0.4, -0.2) is 5.11 Å². The second kappa shape index (κ2) is 5.98. The molecule has 0 heterocycles. The molecule has 0 radical (unpaired) electrons. The van der Waals surface area contributed by atoms with Gasteiger partial charge in [0.15, 0.2) is 0 Å². The fourth-order valence-corrected chi connectivity index (χ4v) is 2.15. The molecule has 0 spiro atoms. The maximum absolute atomic E-state index is 9.42. The van der Waals surface area contributed by atoms with E-state index in [9.17, 15) is 5.11 Å². The van der Waals surface area contributed by atoms with Gasteiger partial charge in [-0.3, -0.25) is 0 Å². The maximum atomic E-state index is 9.42. The monoisotopic (exact) mass is 275 g/mol. The van der Waals surface area contributed by atoms with Crippen molar-refractivity contribution in [2.24, 2.45) is 0 Å². The van der Waals surface area contributed by atoms with Gasteiger partial charge < -0.3 is 10.4 Å². The summed E-state index contributed by atoms with van der Waals surface area (Å²) >= 11 is 5.92. The summed E-state index contributed by atoms with van der Waals surface area (Å²) in [5.41, 5.74) is 3.45. The van der Waals surface area contributed by atoms with Crippen molar-refractivity contribution in [3.05, 3.63) is 58.6 Å². The van der Waals surface area contributed by atoms with E-state index in [1.165, 1.54) is 5.56 Å². The van der Waals surface area contributed by atoms with Gasteiger partial charge in [0.1, 0.15) is 5.75 Å². The zero-order valence-electron chi connectivity index (χ0n) is 11.2. The molecule has 0 aliphatic carbocycles. The summed E-state index contributed by atoms with van der Waals surface area (Å²) in [5.74, 6) is 0.116. The first-order chi connectivity index (χ1) is 9.10. The number of aryl methyl sites for hydroxylation is 1. The highest BCUT2D eigenvalue weighted by molar-refractivity contribution is 6.32. The van der Waals surface area contributed by atoms with Crippen molar-refractivity contribution in [2.75, 3.05) is 5.32 Å². The zero-order chi connectivity index (χ0) is 13.8. The van der Waals surface area contributed by atoms with E-state index in [0.29, 0.717) is 5.02 Å². The van der Waals surface area contributed by atoms with Crippen molar-refractivity contribution in [2.45, 2.75) is 26.3 Å². The first-order valence-electron chi connectivity index (χ1n) is 6.44. The predicted octanol–water partition coefficient (Wildman–Crippen LogP) is 4.78. The van der Waals surface area contributed by atoms with Crippen LogP contribution >= 0.6 is 11.6 Å². The van der Waals surface area contributed by atoms with Gasteiger partial charge in [0, 0.05) is 11.7 Å². The van der Waals surface area contributed by atoms with Crippen LogP contribution in [0, 0.1) is 0 Å². The molecule has 0 aromatic heterocycles. The smallest absolute Gasteiger partial charge is 0.134 e. The zero-order valence-corrected chi connectivity index (χ0v) is 11.9. The van der Waals surface area contributed by atoms with Gasteiger partial charge in [-0.1, -0.05) is 36.7 Å². The topological polar surface area (TPSA) is 32.3 Å². The van der Waals surface area contributed by atoms with Gasteiger partial charge in [0.05, 0.1) is 5.02 Å². The van der Waals surface area contributed by atoms with Gasteiger partial charge in [0.25, 0.3) is 0 Å². The first kappa shape index (κ1) is 13.8. The fourth-order valence-electron chi connectivity index (χ4n) is 1.96. The summed E-state index contributed by atoms with van der Waals surface area (Å²) in [7, 11) is 0. The van der Waals surface area contributed by atoms with Gasteiger partial charge >= 0.3 is 0 Å². The lowest BCUT2D eigenvalue weighted by molar-refractivity contribution is 0.475. The number of nitrogens with one attached hydrogen (secondary N) is 1. The molecular formula is C16H18ClNO. The van der Waals surface area contributed by atoms with Gasteiger partial charge in [-0.25, -0.2) is 0 Å². The SMILES string of the molecule is CCc1ccc(NC(C)c2ccc(O)c(Cl)c2)cc1. The molecule has 2 aromatic carbocycles. The third kappa shape index (κ3) is 3.42. The number of rotatable bonds is 4. The summed E-state index contributed by atoms with van der Waals surface area (Å²) in [6.07, 6.45) is 1.05. The third-order valence-electron chi connectivity index (χ3n) is 3.22. The minimum atomic E-state index is 0.116. The summed E-state index contributed by atoms with van der Waals surface area (Å²) < 4.78 is 0. The summed E-state index contributed by atoms with van der Waals surface area (Å²) in [4.78, 5) is 0. The first-order valence-corrected chi connectivity index (χ1v) is 6.82. The summed E-state index contributed by atoms with van der Waals surface area (Å²) in [5, 5.41) is 13.2. The molecule has 0 aliphatic heterocycles. The van der Waals surface area contributed by atoms with Gasteiger partial charge in [0.2, 0.25) is 0 Å². The van der Waals surface area contributed by atoms with Crippen molar-refractivity contribution < 1.29 is 5.11 Å². The van der Waals surface area contributed by atoms with E-state index in [1.54, 1.807) is 12.1 Å². The lowest BCUT2D eigenvalue weighted by Crippen LogP contribution is -2.06. The molecule has 100 valence electrons. The van der Waals surface area contributed by atoms with Crippen LogP contribution < -0.4 is 5.32 Å². The van der Waals surface area contributed by atoms with Crippen LogP contribution in [0.25, 0.3) is 0 Å². The van der Waals surface area contributed by atoms with Crippen molar-refractivity contribution in [1.82, 2.24) is 0 Å². The molecule has 2 nitrogen and oxygen atoms in total. The van der Waals surface area contributed by atoms with Gasteiger partial charge in [-0.15, -0.1) is 0 Å². The van der Waals surface area contributed by atoms with Gasteiger partial charge in [-0.05, 0) is 48.7 Å². The average molecular weight is 276 g/mol. The number of hydrogen-bond donors (Lipinski definition) is 2. The Morgan fingerprint density at radius 1 is 1.16 bits per heavy atom. The molecule has 2 rings (SSSR count). The minimum absolute atomic E-state index is 0.116. The standard InChI is InChI=1S/C16H18ClNO/c1-3-12-4-7-14(8-5-12)18-11(2)13-6-9-16(19)15(17)10-13/h4-11,18-19H,3H2,1-2H3. The second-order valence-corrected chi connectivity index (χ2v) is 5.03. The Bertz CT molecular complexity index is 551. The predicted molar refractivity (Wildman–Crippen MR) is 81.0 cm³/mol. The molecule has 0 bridgehead atoms. The Hall–Kier alpha value is -1.67. The molecule has 0 saturated carbocycles. The Balaban J connectivity index is 2.10. The van der Waals surface area contributed by atoms with Crippen molar-refractivity contribution in [3.63, 3.8) is 0 Å². The van der Waals surface area contributed by atoms with Crippen molar-refractivity contribution in [1.29, 1.82) is 0 Å². The molecule has 3 heteroatoms. The Labute approximate surface area is 119 Å². The Morgan fingerprint density at radius 2 is 1.84 bits per heavy atom. The highest BCUT2D eigenvalue weighted by atomic mass is 35.5. The summed E-state index contributed by atoms with van der Waals surface area (Å²) in [6, 6.07) is 13.8. The molecule has 2 aromatic rings. The van der Waals surface area contributed by atoms with E-state index in [0.717, 1.165) is 17.7 Å². The van der Waals surface area contributed by atoms with E-state index >= 15 is 0 Å². The number of phenols is 1. The Kier molecular flexibility index (Phi) is 4.33. The van der Waals surface area contributed by atoms with Crippen LogP contribution in [0.5, 0.6) is 5.75 Å². The molecule has 0 fully saturated rings. The van der Waals surface area contributed by atoms with Crippen LogP contribution in [0.4, 0.5) is 5.69 Å². The second-order valence-electron chi connectivity index (χ2n) is 4.63. The maximum Gasteiger partial charge on any atom is 0.134 e. The van der Waals surface area contributed by atoms with Crippen molar-refractivity contribution >= 4 is 17.3 Å². The molecule has 2 N–H and O–H groups in total. The van der Waals surface area contributed by atoms with Crippen LogP contribution in [0.3, 0.4) is 0 Å². The van der Waals surface area contributed by atoms with Crippen LogP contribution in [0.15, 0.2) is 42.5 Å². The van der Waals surface area contributed by atoms with E-state index in [2.05, 4.69) is 43.4 Å². The lowest BCUT2D eigenvalue weighted by atomic mass is 10.1. The highest BCUT2D eigenvalue weighted by Crippen LogP contribution is 2.28. The fraction of sp³-hybridized carbons (Fsp3) is 0.250. The molecule has 0 aliphatic rings. The number of anilines is 1. The Morgan fingerprint density at radius 3 is 2.42 bits per heavy atom. The molecule has 1 unspecified atom stereocenters. The van der Waals surface area contributed by atoms with Crippen molar-refractivity contribution in [3.8, 4) is 5.75 Å². The number of benzene rings is 2. The third-order valence-corrected chi connectivity index (χ3v) is 3.52. The average Bonchev–Trinajstić information content (AvgIpc) is 2.42. The molecule has 0 amide bonds. The van der Waals surface area contributed by atoms with Crippen LogP contribution in [-0.2, 0) is 6.42 Å². The number of aromatic hydroxyl groups is 1. The normalized spacial score (nSPS) is 12.2. The van der Waals surface area contributed by atoms with E-state index in [4.69, 9.17) is 11.6 Å². The van der Waals surface area contributed by atoms with E-state index < -0.39 is 0 Å². The summed E-state index contributed by atoms with van der Waals surface area (Å²) in [6.45, 7) is 4.21. The lowest BCUT2D eigenvalue weighted by Gasteiger charge is -2.16. The quantitative estimate of drug-likeness (QED) is 0.841. The molecule has 19 heavy (non-hydrogen) atoms. The van der Waals surface area contributed by atoms with Crippen LogP contribution in [0.2, 0.25) is 5.02 Å². The van der Waals surface area contributed by atoms with Crippen LogP contribution in [0.1, 0.15) is 31.0 Å². The largest absolute Gasteiger partial charge is 0.506 e. The van der Waals surface area contributed by atoms with E-state index in [1.807, 2.05) is 6.07 Å². The number of halogens is 1. The van der Waals surface area contributed by atoms with Gasteiger partial charge in [-0.2, -0.15) is 0 Å². The number of hydrogen-bond acceptors (Lipinski definition) is 2. The van der Waals surface area contributed by atoms with E-state index in [-0.39, 0.29) is 11.8 Å². The molecule has 1 atom stereocenters.